The molecule has 3 rings (SSSR count). The van der Waals surface area contributed by atoms with Crippen molar-refractivity contribution >= 4 is 21.6 Å². The van der Waals surface area contributed by atoms with Crippen LogP contribution in [0.5, 0.6) is 0 Å². The van der Waals surface area contributed by atoms with Gasteiger partial charge in [-0.1, -0.05) is 0 Å². The monoisotopic (exact) mass is 277 g/mol. The zero-order valence-electron chi connectivity index (χ0n) is 8.51. The molecular formula is C11H8BrN3O. The van der Waals surface area contributed by atoms with E-state index in [2.05, 4.69) is 26.0 Å². The molecule has 0 aromatic carbocycles. The molecule has 0 unspecified atom stereocenters. The van der Waals surface area contributed by atoms with Crippen LogP contribution in [-0.2, 0) is 0 Å². The van der Waals surface area contributed by atoms with Crippen LogP contribution in [0.15, 0.2) is 39.4 Å². The molecular weight excluding hydrogens is 270 g/mol. The molecule has 5 heteroatoms. The van der Waals surface area contributed by atoms with E-state index in [1.807, 2.05) is 37.4 Å². The van der Waals surface area contributed by atoms with Crippen LogP contribution in [0.4, 0.5) is 0 Å². The number of rotatable bonds is 1. The van der Waals surface area contributed by atoms with Crippen LogP contribution in [-0.4, -0.2) is 14.6 Å². The number of halogens is 1. The molecule has 3 aromatic heterocycles. The smallest absolute Gasteiger partial charge is 0.217 e. The molecule has 80 valence electrons. The van der Waals surface area contributed by atoms with Gasteiger partial charge in [0.25, 0.3) is 0 Å². The van der Waals surface area contributed by atoms with Crippen LogP contribution in [0, 0.1) is 6.92 Å². The normalized spacial score (nSPS) is 11.1. The Kier molecular flexibility index (Phi) is 2.07. The van der Waals surface area contributed by atoms with Crippen molar-refractivity contribution in [2.45, 2.75) is 6.92 Å². The van der Waals surface area contributed by atoms with Gasteiger partial charge in [-0.3, -0.25) is 0 Å². The van der Waals surface area contributed by atoms with Gasteiger partial charge in [-0.15, -0.1) is 5.10 Å². The summed E-state index contributed by atoms with van der Waals surface area (Å²) in [5.41, 5.74) is 0.798. The van der Waals surface area contributed by atoms with E-state index in [0.29, 0.717) is 11.6 Å². The number of pyridine rings is 1. The largest absolute Gasteiger partial charge is 0.458 e. The Balaban J connectivity index is 2.18. The van der Waals surface area contributed by atoms with Gasteiger partial charge in [-0.05, 0) is 47.1 Å². The van der Waals surface area contributed by atoms with Crippen molar-refractivity contribution < 1.29 is 4.42 Å². The number of furan rings is 1. The lowest BCUT2D eigenvalue weighted by Gasteiger charge is -1.90. The van der Waals surface area contributed by atoms with Gasteiger partial charge in [-0.25, -0.2) is 9.50 Å². The minimum absolute atomic E-state index is 0.603. The van der Waals surface area contributed by atoms with Gasteiger partial charge >= 0.3 is 0 Å². The van der Waals surface area contributed by atoms with E-state index < -0.39 is 0 Å². The van der Waals surface area contributed by atoms with Crippen molar-refractivity contribution in [3.05, 3.63) is 40.7 Å². The highest BCUT2D eigenvalue weighted by molar-refractivity contribution is 9.10. The molecule has 0 aliphatic carbocycles. The van der Waals surface area contributed by atoms with Gasteiger partial charge in [0.2, 0.25) is 5.82 Å². The molecule has 0 fully saturated rings. The van der Waals surface area contributed by atoms with Crippen molar-refractivity contribution in [2.75, 3.05) is 0 Å². The second-order valence-corrected chi connectivity index (χ2v) is 4.41. The second-order valence-electron chi connectivity index (χ2n) is 3.50. The van der Waals surface area contributed by atoms with Crippen LogP contribution in [0.1, 0.15) is 5.76 Å². The van der Waals surface area contributed by atoms with Crippen molar-refractivity contribution in [3.63, 3.8) is 0 Å². The van der Waals surface area contributed by atoms with E-state index in [9.17, 15) is 0 Å². The molecule has 0 bridgehead atoms. The van der Waals surface area contributed by atoms with Crippen molar-refractivity contribution in [1.82, 2.24) is 14.6 Å². The lowest BCUT2D eigenvalue weighted by Crippen LogP contribution is -1.85. The van der Waals surface area contributed by atoms with Crippen molar-refractivity contribution in [1.29, 1.82) is 0 Å². The summed E-state index contributed by atoms with van der Waals surface area (Å²) in [5, 5.41) is 4.34. The van der Waals surface area contributed by atoms with Crippen molar-refractivity contribution in [2.24, 2.45) is 0 Å². The van der Waals surface area contributed by atoms with E-state index in [-0.39, 0.29) is 0 Å². The van der Waals surface area contributed by atoms with Gasteiger partial charge < -0.3 is 4.42 Å². The molecule has 4 nitrogen and oxygen atoms in total. The highest BCUT2D eigenvalue weighted by Gasteiger charge is 2.09. The van der Waals surface area contributed by atoms with Crippen LogP contribution in [0.2, 0.25) is 0 Å². The maximum atomic E-state index is 5.48. The highest BCUT2D eigenvalue weighted by Crippen LogP contribution is 2.19. The number of fused-ring (bicyclic) bond motifs is 1. The molecule has 3 aromatic rings. The summed E-state index contributed by atoms with van der Waals surface area (Å²) in [4.78, 5) is 4.37. The predicted octanol–water partition coefficient (Wildman–Crippen LogP) is 3.06. The minimum atomic E-state index is 0.603. The van der Waals surface area contributed by atoms with Crippen molar-refractivity contribution in [3.8, 4) is 11.6 Å². The van der Waals surface area contributed by atoms with Crippen LogP contribution >= 0.6 is 15.9 Å². The van der Waals surface area contributed by atoms with Gasteiger partial charge in [0.15, 0.2) is 11.4 Å². The van der Waals surface area contributed by atoms with E-state index in [1.165, 1.54) is 0 Å². The number of hydrogen-bond acceptors (Lipinski definition) is 3. The number of nitrogens with zero attached hydrogens (tertiary/aromatic N) is 3. The Labute approximate surface area is 100 Å². The molecule has 0 spiro atoms. The molecule has 16 heavy (non-hydrogen) atoms. The predicted molar refractivity (Wildman–Crippen MR) is 63.1 cm³/mol. The van der Waals surface area contributed by atoms with E-state index in [1.54, 1.807) is 4.52 Å². The Morgan fingerprint density at radius 3 is 2.88 bits per heavy atom. The summed E-state index contributed by atoms with van der Waals surface area (Å²) in [5.74, 6) is 2.15. The third kappa shape index (κ3) is 1.53. The first-order valence-corrected chi connectivity index (χ1v) is 5.60. The van der Waals surface area contributed by atoms with E-state index in [0.717, 1.165) is 15.9 Å². The molecule has 0 aliphatic rings. The first-order chi connectivity index (χ1) is 7.72. The Hall–Kier alpha value is -1.62. The van der Waals surface area contributed by atoms with Gasteiger partial charge in [0.05, 0.1) is 0 Å². The van der Waals surface area contributed by atoms with Gasteiger partial charge in [0.1, 0.15) is 5.76 Å². The summed E-state index contributed by atoms with van der Waals surface area (Å²) in [7, 11) is 0. The third-order valence-corrected chi connectivity index (χ3v) is 2.72. The second kappa shape index (κ2) is 3.45. The van der Waals surface area contributed by atoms with Gasteiger partial charge in [0, 0.05) is 10.7 Å². The molecule has 0 aliphatic heterocycles. The molecule has 0 radical (unpaired) electrons. The summed E-state index contributed by atoms with van der Waals surface area (Å²) in [6.07, 6.45) is 1.86. The molecule has 0 amide bonds. The SMILES string of the molecule is Cc1ccc(-c2nc3ccc(Br)cn3n2)o1. The summed E-state index contributed by atoms with van der Waals surface area (Å²) < 4.78 is 8.16. The average Bonchev–Trinajstić information content (AvgIpc) is 2.83. The standard InChI is InChI=1S/C11H8BrN3O/c1-7-2-4-9(16-7)11-13-10-5-3-8(12)6-15(10)14-11/h2-6H,1H3. The Morgan fingerprint density at radius 2 is 2.12 bits per heavy atom. The third-order valence-electron chi connectivity index (χ3n) is 2.26. The minimum Gasteiger partial charge on any atom is -0.458 e. The zero-order valence-corrected chi connectivity index (χ0v) is 10.1. The maximum Gasteiger partial charge on any atom is 0.217 e. The van der Waals surface area contributed by atoms with Crippen LogP contribution < -0.4 is 0 Å². The fourth-order valence-electron chi connectivity index (χ4n) is 1.52. The topological polar surface area (TPSA) is 43.3 Å². The fourth-order valence-corrected chi connectivity index (χ4v) is 1.84. The Morgan fingerprint density at radius 1 is 1.25 bits per heavy atom. The average molecular weight is 278 g/mol. The molecule has 0 atom stereocenters. The fraction of sp³-hybridized carbons (Fsp3) is 0.0909. The first-order valence-electron chi connectivity index (χ1n) is 4.81. The first kappa shape index (κ1) is 9.59. The lowest BCUT2D eigenvalue weighted by molar-refractivity contribution is 0.544. The molecule has 3 heterocycles. The van der Waals surface area contributed by atoms with Gasteiger partial charge in [-0.2, -0.15) is 0 Å². The summed E-state index contributed by atoms with van der Waals surface area (Å²) >= 11 is 3.39. The molecule has 0 saturated carbocycles. The highest BCUT2D eigenvalue weighted by atomic mass is 79.9. The molecule has 0 N–H and O–H groups in total. The number of aryl methyl sites for hydroxylation is 1. The lowest BCUT2D eigenvalue weighted by atomic mass is 10.4. The maximum absolute atomic E-state index is 5.48. The molecule has 0 saturated heterocycles. The Bertz CT molecular complexity index is 656. The zero-order chi connectivity index (χ0) is 11.1. The number of hydrogen-bond donors (Lipinski definition) is 0. The quantitative estimate of drug-likeness (QED) is 0.687. The summed E-state index contributed by atoms with van der Waals surface area (Å²) in [6.45, 7) is 1.90. The van der Waals surface area contributed by atoms with E-state index >= 15 is 0 Å². The van der Waals surface area contributed by atoms with E-state index in [4.69, 9.17) is 4.42 Å². The van der Waals surface area contributed by atoms with Crippen LogP contribution in [0.25, 0.3) is 17.2 Å². The number of aromatic nitrogens is 3. The summed E-state index contributed by atoms with van der Waals surface area (Å²) in [6, 6.07) is 7.60. The van der Waals surface area contributed by atoms with Crippen LogP contribution in [0.3, 0.4) is 0 Å².